The van der Waals surface area contributed by atoms with Crippen LogP contribution in [0.1, 0.15) is 0 Å². The number of nitrogens with zero attached hydrogens (tertiary/aromatic N) is 6. The Morgan fingerprint density at radius 2 is 0.222 bits per heavy atom. The molecule has 12 heteroatoms. The Morgan fingerprint density at radius 3 is 0.222 bits per heavy atom. The maximum atomic E-state index is 6.25. The van der Waals surface area contributed by atoms with E-state index in [1.165, 1.54) is 0 Å². The van der Waals surface area contributed by atoms with E-state index in [-0.39, 0.29) is 308 Å². The maximum Gasteiger partial charge on any atom is 1.00 e. The van der Waals surface area contributed by atoms with Gasteiger partial charge in [-0.1, -0.05) is 0 Å². The van der Waals surface area contributed by atoms with Crippen LogP contribution >= 0.6 is 0 Å². The fourth-order valence-corrected chi connectivity index (χ4v) is 0. The van der Waals surface area contributed by atoms with Crippen molar-refractivity contribution < 1.29 is 308 Å². The molecule has 0 heterocycles. The standard InChI is InChI=1S/6CN.6K/c6*1-2;;;;;;/q6*-1;6*+1. The molecular formula is C6K6N6. The molecule has 0 N–H and O–H groups in total. The van der Waals surface area contributed by atoms with E-state index in [2.05, 4.69) is 0 Å². The quantitative estimate of drug-likeness (QED) is 0.297. The summed E-state index contributed by atoms with van der Waals surface area (Å²) >= 11 is 0. The van der Waals surface area contributed by atoms with Crippen molar-refractivity contribution in [3.8, 4) is 0 Å². The van der Waals surface area contributed by atoms with Crippen molar-refractivity contribution in [1.29, 1.82) is 31.6 Å². The van der Waals surface area contributed by atoms with Gasteiger partial charge in [0.1, 0.15) is 0 Å². The molecule has 18 heavy (non-hydrogen) atoms. The minimum atomic E-state index is 0. The van der Waals surface area contributed by atoms with E-state index in [1.54, 1.807) is 0 Å². The first-order chi connectivity index (χ1) is 6.00. The van der Waals surface area contributed by atoms with Crippen LogP contribution in [0.15, 0.2) is 0 Å². The molecule has 0 bridgehead atoms. The van der Waals surface area contributed by atoms with Crippen molar-refractivity contribution in [3.05, 3.63) is 39.4 Å². The zero-order chi connectivity index (χ0) is 12.0. The van der Waals surface area contributed by atoms with E-state index >= 15 is 0 Å². The van der Waals surface area contributed by atoms with Crippen LogP contribution in [0, 0.1) is 71.0 Å². The number of hydrogen-bond acceptors (Lipinski definition) is 6. The first kappa shape index (κ1) is 85.9. The normalized spacial score (nSPS) is 0.667. The monoisotopic (exact) mass is 390 g/mol. The van der Waals surface area contributed by atoms with Crippen LogP contribution in [0.4, 0.5) is 0 Å². The molecule has 0 saturated carbocycles. The summed E-state index contributed by atoms with van der Waals surface area (Å²) in [6.45, 7) is 28.5. The second kappa shape index (κ2) is 269. The summed E-state index contributed by atoms with van der Waals surface area (Å²) in [7, 11) is 0. The van der Waals surface area contributed by atoms with Crippen molar-refractivity contribution >= 4 is 0 Å². The average Bonchev–Trinajstić information content (AvgIpc) is 2.33. The van der Waals surface area contributed by atoms with Gasteiger partial charge >= 0.3 is 308 Å². The van der Waals surface area contributed by atoms with E-state index < -0.39 is 0 Å². The van der Waals surface area contributed by atoms with Crippen LogP contribution in [0.2, 0.25) is 0 Å². The van der Waals surface area contributed by atoms with Crippen LogP contribution in [0.3, 0.4) is 0 Å². The van der Waals surface area contributed by atoms with Gasteiger partial charge < -0.3 is 71.0 Å². The third-order valence-corrected chi connectivity index (χ3v) is 0. The number of hydrogen-bond donors (Lipinski definition) is 0. The van der Waals surface area contributed by atoms with Crippen molar-refractivity contribution in [2.75, 3.05) is 0 Å². The van der Waals surface area contributed by atoms with Crippen molar-refractivity contribution in [2.45, 2.75) is 0 Å². The minimum Gasteiger partial charge on any atom is -0.512 e. The van der Waals surface area contributed by atoms with Gasteiger partial charge in [-0.3, -0.25) is 0 Å². The summed E-state index contributed by atoms with van der Waals surface area (Å²) in [6, 6.07) is 0. The largest absolute Gasteiger partial charge is 1.00 e. The SMILES string of the molecule is [C-]#N.[C-]#N.[C-]#N.[C-]#N.[C-]#N.[C-]#N.[K+].[K+].[K+].[K+].[K+].[K+]. The Balaban J connectivity index is -0.00000000225. The summed E-state index contributed by atoms with van der Waals surface area (Å²) in [5.74, 6) is 0. The molecule has 60 valence electrons. The van der Waals surface area contributed by atoms with Crippen molar-refractivity contribution in [3.63, 3.8) is 0 Å². The van der Waals surface area contributed by atoms with Crippen molar-refractivity contribution in [2.24, 2.45) is 0 Å². The molecular weight excluding hydrogens is 391 g/mol. The van der Waals surface area contributed by atoms with Gasteiger partial charge in [-0.25, -0.2) is 0 Å². The molecule has 0 aliphatic rings. The van der Waals surface area contributed by atoms with Gasteiger partial charge in [-0.05, 0) is 0 Å². The van der Waals surface area contributed by atoms with Gasteiger partial charge in [0.25, 0.3) is 0 Å². The first-order valence-electron chi connectivity index (χ1n) is 1.34. The molecule has 0 spiro atoms. The molecule has 0 aromatic rings. The summed E-state index contributed by atoms with van der Waals surface area (Å²) in [6.07, 6.45) is 0. The molecule has 0 radical (unpaired) electrons. The Kier molecular flexibility index (Phi) is 1290. The van der Waals surface area contributed by atoms with Gasteiger partial charge in [-0.2, -0.15) is 0 Å². The molecule has 0 aliphatic carbocycles. The maximum absolute atomic E-state index is 6.25. The predicted octanol–water partition coefficient (Wildman–Crippen LogP) is -17.4. The van der Waals surface area contributed by atoms with E-state index in [0.717, 1.165) is 0 Å². The predicted molar refractivity (Wildman–Crippen MR) is 29.8 cm³/mol. The van der Waals surface area contributed by atoms with Crippen LogP contribution in [-0.2, 0) is 0 Å². The molecule has 0 aromatic heterocycles. The zero-order valence-corrected chi connectivity index (χ0v) is 30.4. The van der Waals surface area contributed by atoms with Gasteiger partial charge in [0.15, 0.2) is 0 Å². The Bertz CT molecular complexity index is 104. The number of rotatable bonds is 0. The summed E-state index contributed by atoms with van der Waals surface area (Å²) in [5, 5.41) is 37.5. The molecule has 0 rings (SSSR count). The van der Waals surface area contributed by atoms with Crippen LogP contribution in [-0.4, -0.2) is 0 Å². The molecule has 0 amide bonds. The second-order valence-electron chi connectivity index (χ2n) is 0. The second-order valence-corrected chi connectivity index (χ2v) is 0. The van der Waals surface area contributed by atoms with Gasteiger partial charge in [0.2, 0.25) is 0 Å². The fourth-order valence-electron chi connectivity index (χ4n) is 0. The van der Waals surface area contributed by atoms with Gasteiger partial charge in [0.05, 0.1) is 0 Å². The fraction of sp³-hybridized carbons (Fsp3) is 0. The van der Waals surface area contributed by atoms with Crippen molar-refractivity contribution in [1.82, 2.24) is 0 Å². The average molecular weight is 391 g/mol. The van der Waals surface area contributed by atoms with Gasteiger partial charge in [0, 0.05) is 0 Å². The Labute approximate surface area is 365 Å². The minimum absolute atomic E-state index is 0. The molecule has 0 saturated heterocycles. The topological polar surface area (TPSA) is 143 Å². The molecule has 0 fully saturated rings. The molecule has 0 aromatic carbocycles. The van der Waals surface area contributed by atoms with Crippen LogP contribution in [0.25, 0.3) is 0 Å². The Hall–Kier alpha value is 6.76. The van der Waals surface area contributed by atoms with Crippen LogP contribution in [0.5, 0.6) is 0 Å². The molecule has 6 nitrogen and oxygen atoms in total. The summed E-state index contributed by atoms with van der Waals surface area (Å²) < 4.78 is 0. The summed E-state index contributed by atoms with van der Waals surface area (Å²) in [4.78, 5) is 0. The molecule has 0 atom stereocenters. The van der Waals surface area contributed by atoms with E-state index in [4.69, 9.17) is 71.0 Å². The van der Waals surface area contributed by atoms with Crippen LogP contribution < -0.4 is 308 Å². The third-order valence-electron chi connectivity index (χ3n) is 0. The third kappa shape index (κ3) is 236. The van der Waals surface area contributed by atoms with E-state index in [1.807, 2.05) is 0 Å². The smallest absolute Gasteiger partial charge is 0.512 e. The van der Waals surface area contributed by atoms with E-state index in [0.29, 0.717) is 0 Å². The first-order valence-corrected chi connectivity index (χ1v) is 1.34. The summed E-state index contributed by atoms with van der Waals surface area (Å²) in [5.41, 5.74) is 0. The van der Waals surface area contributed by atoms with E-state index in [9.17, 15) is 0 Å². The Morgan fingerprint density at radius 1 is 0.222 bits per heavy atom. The zero-order valence-electron chi connectivity index (χ0n) is 11.7. The molecule has 0 unspecified atom stereocenters. The van der Waals surface area contributed by atoms with Gasteiger partial charge in [-0.15, -0.1) is 0 Å². The molecule has 0 aliphatic heterocycles.